The van der Waals surface area contributed by atoms with E-state index in [1.54, 1.807) is 18.2 Å². The van der Waals surface area contributed by atoms with Gasteiger partial charge < -0.3 is 19.5 Å². The summed E-state index contributed by atoms with van der Waals surface area (Å²) in [5.74, 6) is 0.176. The first-order chi connectivity index (χ1) is 14.3. The Bertz CT molecular complexity index is 948. The van der Waals surface area contributed by atoms with Crippen LogP contribution in [-0.4, -0.2) is 33.0 Å². The SMILES string of the molecule is COc1ccc(CCNC(=O)/C(C#N)=C/c2ccc(OC(F)(F)F)cc2)cc1OC. The highest BCUT2D eigenvalue weighted by atomic mass is 19.4. The van der Waals surface area contributed by atoms with Crippen molar-refractivity contribution in [3.63, 3.8) is 0 Å². The summed E-state index contributed by atoms with van der Waals surface area (Å²) in [6, 6.07) is 12.0. The molecule has 1 N–H and O–H groups in total. The highest BCUT2D eigenvalue weighted by molar-refractivity contribution is 6.01. The first kappa shape index (κ1) is 22.6. The van der Waals surface area contributed by atoms with Crippen LogP contribution in [0.15, 0.2) is 48.0 Å². The Kier molecular flexibility index (Phi) is 7.69. The van der Waals surface area contributed by atoms with E-state index in [1.807, 2.05) is 6.07 Å². The predicted molar refractivity (Wildman–Crippen MR) is 103 cm³/mol. The topological polar surface area (TPSA) is 80.6 Å². The van der Waals surface area contributed by atoms with Gasteiger partial charge in [-0.15, -0.1) is 13.2 Å². The minimum Gasteiger partial charge on any atom is -0.493 e. The molecule has 0 spiro atoms. The number of nitrogens with zero attached hydrogens (tertiary/aromatic N) is 1. The molecule has 0 saturated carbocycles. The van der Waals surface area contributed by atoms with Crippen molar-refractivity contribution in [3.05, 3.63) is 59.2 Å². The average molecular weight is 420 g/mol. The van der Waals surface area contributed by atoms with Gasteiger partial charge in [0.1, 0.15) is 17.4 Å². The Morgan fingerprint density at radius 3 is 2.33 bits per heavy atom. The molecule has 1 amide bonds. The fourth-order valence-corrected chi connectivity index (χ4v) is 2.53. The zero-order valence-corrected chi connectivity index (χ0v) is 16.2. The van der Waals surface area contributed by atoms with E-state index >= 15 is 0 Å². The fourth-order valence-electron chi connectivity index (χ4n) is 2.53. The van der Waals surface area contributed by atoms with Crippen LogP contribution in [0, 0.1) is 11.3 Å². The number of carbonyl (C=O) groups excluding carboxylic acids is 1. The highest BCUT2D eigenvalue weighted by Crippen LogP contribution is 2.27. The minimum atomic E-state index is -4.79. The number of amides is 1. The third kappa shape index (κ3) is 6.74. The summed E-state index contributed by atoms with van der Waals surface area (Å²) in [6.45, 7) is 0.270. The molecule has 6 nitrogen and oxygen atoms in total. The second-order valence-corrected chi connectivity index (χ2v) is 5.98. The van der Waals surface area contributed by atoms with Crippen LogP contribution in [0.5, 0.6) is 17.2 Å². The van der Waals surface area contributed by atoms with Gasteiger partial charge in [0.05, 0.1) is 14.2 Å². The molecule has 9 heteroatoms. The number of halogens is 3. The third-order valence-corrected chi connectivity index (χ3v) is 3.94. The molecule has 0 radical (unpaired) electrons. The molecule has 0 bridgehead atoms. The number of ether oxygens (including phenoxy) is 3. The van der Waals surface area contributed by atoms with Crippen LogP contribution in [-0.2, 0) is 11.2 Å². The molecular weight excluding hydrogens is 401 g/mol. The lowest BCUT2D eigenvalue weighted by atomic mass is 10.1. The van der Waals surface area contributed by atoms with Gasteiger partial charge in [0.25, 0.3) is 5.91 Å². The molecule has 0 aliphatic carbocycles. The molecule has 30 heavy (non-hydrogen) atoms. The van der Waals surface area contributed by atoms with E-state index in [0.29, 0.717) is 23.5 Å². The number of hydrogen-bond acceptors (Lipinski definition) is 5. The number of carbonyl (C=O) groups is 1. The predicted octanol–water partition coefficient (Wildman–Crippen LogP) is 3.87. The number of alkyl halides is 3. The van der Waals surface area contributed by atoms with Crippen LogP contribution in [0.25, 0.3) is 6.08 Å². The van der Waals surface area contributed by atoms with E-state index in [-0.39, 0.29) is 12.1 Å². The van der Waals surface area contributed by atoms with Crippen molar-refractivity contribution in [2.45, 2.75) is 12.8 Å². The average Bonchev–Trinajstić information content (AvgIpc) is 2.71. The van der Waals surface area contributed by atoms with Gasteiger partial charge in [-0.1, -0.05) is 18.2 Å². The van der Waals surface area contributed by atoms with E-state index in [0.717, 1.165) is 17.7 Å². The Morgan fingerprint density at radius 2 is 1.77 bits per heavy atom. The van der Waals surface area contributed by atoms with Gasteiger partial charge in [0.15, 0.2) is 11.5 Å². The molecule has 2 rings (SSSR count). The molecule has 0 fully saturated rings. The van der Waals surface area contributed by atoms with Crippen LogP contribution in [0.1, 0.15) is 11.1 Å². The minimum absolute atomic E-state index is 0.174. The fraction of sp³-hybridized carbons (Fsp3) is 0.238. The first-order valence-corrected chi connectivity index (χ1v) is 8.72. The zero-order chi connectivity index (χ0) is 22.1. The van der Waals surface area contributed by atoms with Gasteiger partial charge in [0, 0.05) is 6.54 Å². The van der Waals surface area contributed by atoms with Gasteiger partial charge in [-0.3, -0.25) is 4.79 Å². The van der Waals surface area contributed by atoms with Crippen molar-refractivity contribution in [1.29, 1.82) is 5.26 Å². The molecule has 2 aromatic rings. The van der Waals surface area contributed by atoms with Crippen molar-refractivity contribution < 1.29 is 32.2 Å². The van der Waals surface area contributed by atoms with Crippen LogP contribution in [0.2, 0.25) is 0 Å². The molecular formula is C21H19F3N2O4. The Balaban J connectivity index is 1.97. The second kappa shape index (κ2) is 10.2. The zero-order valence-electron chi connectivity index (χ0n) is 16.2. The maximum atomic E-state index is 12.2. The summed E-state index contributed by atoms with van der Waals surface area (Å²) in [5.41, 5.74) is 1.11. The summed E-state index contributed by atoms with van der Waals surface area (Å²) in [6.07, 6.45) is -3.01. The van der Waals surface area contributed by atoms with E-state index in [1.165, 1.54) is 32.4 Å². The van der Waals surface area contributed by atoms with Crippen LogP contribution >= 0.6 is 0 Å². The number of nitriles is 1. The van der Waals surface area contributed by atoms with Gasteiger partial charge in [-0.25, -0.2) is 0 Å². The van der Waals surface area contributed by atoms with E-state index in [2.05, 4.69) is 10.1 Å². The largest absolute Gasteiger partial charge is 0.573 e. The Labute approximate surface area is 171 Å². The summed E-state index contributed by atoms with van der Waals surface area (Å²) >= 11 is 0. The maximum Gasteiger partial charge on any atom is 0.573 e. The summed E-state index contributed by atoms with van der Waals surface area (Å²) in [7, 11) is 3.06. The van der Waals surface area contributed by atoms with Gasteiger partial charge in [-0.2, -0.15) is 5.26 Å². The number of rotatable bonds is 8. The van der Waals surface area contributed by atoms with E-state index in [9.17, 15) is 23.2 Å². The van der Waals surface area contributed by atoms with Crippen LogP contribution in [0.4, 0.5) is 13.2 Å². The van der Waals surface area contributed by atoms with Gasteiger partial charge in [-0.05, 0) is 47.9 Å². The van der Waals surface area contributed by atoms with Crippen molar-refractivity contribution in [2.24, 2.45) is 0 Å². The maximum absolute atomic E-state index is 12.2. The quantitative estimate of drug-likeness (QED) is 0.518. The number of benzene rings is 2. The van der Waals surface area contributed by atoms with E-state index in [4.69, 9.17) is 9.47 Å². The molecule has 2 aromatic carbocycles. The Morgan fingerprint density at radius 1 is 1.10 bits per heavy atom. The van der Waals surface area contributed by atoms with Crippen molar-refractivity contribution in [2.75, 3.05) is 20.8 Å². The molecule has 0 aliphatic heterocycles. The molecule has 0 aliphatic rings. The standard InChI is InChI=1S/C21H19F3N2O4/c1-28-18-8-5-15(12-19(18)29-2)9-10-26-20(27)16(13-25)11-14-3-6-17(7-4-14)30-21(22,23)24/h3-8,11-12H,9-10H2,1-2H3,(H,26,27)/b16-11+. The van der Waals surface area contributed by atoms with Crippen molar-refractivity contribution in [3.8, 4) is 23.3 Å². The molecule has 0 heterocycles. The van der Waals surface area contributed by atoms with Gasteiger partial charge >= 0.3 is 6.36 Å². The number of nitrogens with one attached hydrogen (secondary N) is 1. The number of hydrogen-bond donors (Lipinski definition) is 1. The smallest absolute Gasteiger partial charge is 0.493 e. The van der Waals surface area contributed by atoms with Crippen LogP contribution < -0.4 is 19.5 Å². The summed E-state index contributed by atoms with van der Waals surface area (Å²) in [4.78, 5) is 12.2. The Hall–Kier alpha value is -3.67. The van der Waals surface area contributed by atoms with E-state index < -0.39 is 18.0 Å². The van der Waals surface area contributed by atoms with Crippen molar-refractivity contribution >= 4 is 12.0 Å². The molecule has 0 unspecified atom stereocenters. The second-order valence-electron chi connectivity index (χ2n) is 5.98. The highest BCUT2D eigenvalue weighted by Gasteiger charge is 2.30. The lowest BCUT2D eigenvalue weighted by Crippen LogP contribution is -2.26. The van der Waals surface area contributed by atoms with Crippen LogP contribution in [0.3, 0.4) is 0 Å². The number of methoxy groups -OCH3 is 2. The lowest BCUT2D eigenvalue weighted by molar-refractivity contribution is -0.274. The van der Waals surface area contributed by atoms with Crippen molar-refractivity contribution in [1.82, 2.24) is 5.32 Å². The summed E-state index contributed by atoms with van der Waals surface area (Å²) < 4.78 is 50.7. The monoisotopic (exact) mass is 420 g/mol. The van der Waals surface area contributed by atoms with Gasteiger partial charge in [0.2, 0.25) is 0 Å². The molecule has 0 atom stereocenters. The molecule has 0 aromatic heterocycles. The molecule has 0 saturated heterocycles. The first-order valence-electron chi connectivity index (χ1n) is 8.72. The normalized spacial score (nSPS) is 11.4. The lowest BCUT2D eigenvalue weighted by Gasteiger charge is -2.10. The molecule has 158 valence electrons. The summed E-state index contributed by atoms with van der Waals surface area (Å²) in [5, 5.41) is 11.9. The third-order valence-electron chi connectivity index (χ3n) is 3.94.